The molecule has 4 aromatic rings. The minimum absolute atomic E-state index is 0.0375. The van der Waals surface area contributed by atoms with E-state index < -0.39 is 12.5 Å². The molecule has 3 aromatic heterocycles. The van der Waals surface area contributed by atoms with Crippen LogP contribution in [0.25, 0.3) is 16.9 Å². The largest absolute Gasteiger partial charge is 0.434 e. The lowest BCUT2D eigenvalue weighted by atomic mass is 10.1. The number of rotatable bonds is 6. The van der Waals surface area contributed by atoms with Gasteiger partial charge in [-0.3, -0.25) is 9.48 Å². The van der Waals surface area contributed by atoms with Crippen molar-refractivity contribution in [2.75, 3.05) is 18.4 Å². The third-order valence-electron chi connectivity index (χ3n) is 5.56. The Kier molecular flexibility index (Phi) is 6.12. The molecule has 1 saturated heterocycles. The second-order valence-electron chi connectivity index (χ2n) is 7.79. The minimum atomic E-state index is -3.03. The van der Waals surface area contributed by atoms with Crippen molar-refractivity contribution in [1.29, 1.82) is 0 Å². The van der Waals surface area contributed by atoms with E-state index in [0.717, 1.165) is 19.4 Å². The van der Waals surface area contributed by atoms with Crippen LogP contribution in [0.2, 0.25) is 5.02 Å². The molecule has 5 rings (SSSR count). The van der Waals surface area contributed by atoms with Crippen LogP contribution in [0.4, 0.5) is 14.5 Å². The number of aromatic nitrogens is 5. The zero-order valence-electron chi connectivity index (χ0n) is 17.8. The molecule has 1 amide bonds. The summed E-state index contributed by atoms with van der Waals surface area (Å²) >= 11 is 6.17. The highest BCUT2D eigenvalue weighted by molar-refractivity contribution is 6.31. The number of halogens is 3. The van der Waals surface area contributed by atoms with Crippen molar-refractivity contribution >= 4 is 28.8 Å². The molecule has 0 radical (unpaired) electrons. The van der Waals surface area contributed by atoms with Gasteiger partial charge in [-0.2, -0.15) is 19.0 Å². The van der Waals surface area contributed by atoms with Crippen molar-refractivity contribution in [3.63, 3.8) is 0 Å². The first-order valence-electron chi connectivity index (χ1n) is 10.6. The highest BCUT2D eigenvalue weighted by Crippen LogP contribution is 2.38. The van der Waals surface area contributed by atoms with Gasteiger partial charge in [0.05, 0.1) is 17.9 Å². The first-order chi connectivity index (χ1) is 16.5. The quantitative estimate of drug-likeness (QED) is 0.426. The normalized spacial score (nSPS) is 16.2. The lowest BCUT2D eigenvalue weighted by molar-refractivity contribution is -0.0494. The molecule has 1 aromatic carbocycles. The predicted octanol–water partition coefficient (Wildman–Crippen LogP) is 4.02. The standard InChI is InChI=1S/C22H20ClF2N7O2/c23-13-4-5-18(34-22(24)25)15(9-13)19-17(12-32(30-19)14-3-1-6-26-10-14)29-21(33)16-11-28-31-8-2-7-27-20(16)31/h2,4-5,7-9,11-12,14,22,26H,1,3,6,10H2,(H,29,33). The zero-order valence-corrected chi connectivity index (χ0v) is 18.5. The van der Waals surface area contributed by atoms with Gasteiger partial charge in [-0.15, -0.1) is 0 Å². The molecule has 34 heavy (non-hydrogen) atoms. The Balaban J connectivity index is 1.57. The van der Waals surface area contributed by atoms with E-state index in [4.69, 9.17) is 16.3 Å². The number of benzene rings is 1. The summed E-state index contributed by atoms with van der Waals surface area (Å²) in [5.74, 6) is -0.561. The molecule has 1 fully saturated rings. The van der Waals surface area contributed by atoms with Crippen LogP contribution >= 0.6 is 11.6 Å². The molecular formula is C22H20ClF2N7O2. The Hall–Kier alpha value is -3.57. The summed E-state index contributed by atoms with van der Waals surface area (Å²) in [6, 6.07) is 6.03. The number of nitrogens with one attached hydrogen (secondary N) is 2. The third-order valence-corrected chi connectivity index (χ3v) is 5.80. The van der Waals surface area contributed by atoms with E-state index in [1.165, 1.54) is 28.9 Å². The summed E-state index contributed by atoms with van der Waals surface area (Å²) in [7, 11) is 0. The van der Waals surface area contributed by atoms with Gasteiger partial charge in [-0.25, -0.2) is 9.50 Å². The van der Waals surface area contributed by atoms with E-state index in [9.17, 15) is 13.6 Å². The van der Waals surface area contributed by atoms with Gasteiger partial charge in [0.25, 0.3) is 5.91 Å². The van der Waals surface area contributed by atoms with Gasteiger partial charge in [0.2, 0.25) is 0 Å². The molecule has 1 aliphatic rings. The number of hydrogen-bond donors (Lipinski definition) is 2. The molecule has 0 spiro atoms. The van der Waals surface area contributed by atoms with Crippen LogP contribution in [-0.2, 0) is 0 Å². The lowest BCUT2D eigenvalue weighted by Crippen LogP contribution is -2.31. The van der Waals surface area contributed by atoms with Crippen LogP contribution in [0.3, 0.4) is 0 Å². The van der Waals surface area contributed by atoms with Crippen molar-refractivity contribution < 1.29 is 18.3 Å². The number of amides is 1. The van der Waals surface area contributed by atoms with Gasteiger partial charge >= 0.3 is 6.61 Å². The average Bonchev–Trinajstić information content (AvgIpc) is 3.45. The van der Waals surface area contributed by atoms with Crippen LogP contribution in [-0.4, -0.2) is 50.0 Å². The monoisotopic (exact) mass is 487 g/mol. The Labute approximate surface area is 197 Å². The summed E-state index contributed by atoms with van der Waals surface area (Å²) in [6.45, 7) is -1.42. The molecule has 176 valence electrons. The summed E-state index contributed by atoms with van der Waals surface area (Å²) in [5, 5.41) is 15.3. The molecular weight excluding hydrogens is 468 g/mol. The zero-order chi connectivity index (χ0) is 23.7. The number of ether oxygens (including phenoxy) is 1. The highest BCUT2D eigenvalue weighted by atomic mass is 35.5. The van der Waals surface area contributed by atoms with E-state index in [1.54, 1.807) is 29.3 Å². The maximum absolute atomic E-state index is 13.2. The fourth-order valence-electron chi connectivity index (χ4n) is 3.99. The van der Waals surface area contributed by atoms with Gasteiger partial charge < -0.3 is 15.4 Å². The van der Waals surface area contributed by atoms with Crippen LogP contribution in [0.5, 0.6) is 5.75 Å². The van der Waals surface area contributed by atoms with Crippen molar-refractivity contribution in [2.45, 2.75) is 25.5 Å². The smallest absolute Gasteiger partial charge is 0.387 e. The van der Waals surface area contributed by atoms with Gasteiger partial charge in [0, 0.05) is 35.7 Å². The van der Waals surface area contributed by atoms with Crippen LogP contribution < -0.4 is 15.4 Å². The number of carbonyl (C=O) groups excluding carboxylic acids is 1. The second kappa shape index (κ2) is 9.35. The van der Waals surface area contributed by atoms with Crippen LogP contribution in [0.1, 0.15) is 29.2 Å². The number of anilines is 1. The Bertz CT molecular complexity index is 1330. The molecule has 0 bridgehead atoms. The molecule has 2 N–H and O–H groups in total. The molecule has 12 heteroatoms. The number of hydrogen-bond acceptors (Lipinski definition) is 6. The SMILES string of the molecule is O=C(Nc1cn(C2CCCNC2)nc1-c1cc(Cl)ccc1OC(F)F)c1cnn2cccnc12. The van der Waals surface area contributed by atoms with E-state index in [-0.39, 0.29) is 28.6 Å². The highest BCUT2D eigenvalue weighted by Gasteiger charge is 2.24. The molecule has 1 atom stereocenters. The number of piperidine rings is 1. The number of nitrogens with zero attached hydrogens (tertiary/aromatic N) is 5. The molecule has 0 saturated carbocycles. The van der Waals surface area contributed by atoms with E-state index >= 15 is 0 Å². The maximum Gasteiger partial charge on any atom is 0.387 e. The average molecular weight is 488 g/mol. The van der Waals surface area contributed by atoms with Crippen molar-refractivity contribution in [2.24, 2.45) is 0 Å². The van der Waals surface area contributed by atoms with Gasteiger partial charge in [0.15, 0.2) is 5.65 Å². The van der Waals surface area contributed by atoms with Crippen LogP contribution in [0.15, 0.2) is 49.1 Å². The number of carbonyl (C=O) groups is 1. The van der Waals surface area contributed by atoms with Gasteiger partial charge in [-0.05, 0) is 43.7 Å². The maximum atomic E-state index is 13.2. The van der Waals surface area contributed by atoms with Crippen molar-refractivity contribution in [1.82, 2.24) is 29.7 Å². The molecule has 1 unspecified atom stereocenters. The Morgan fingerprint density at radius 1 is 1.35 bits per heavy atom. The fraction of sp³-hybridized carbons (Fsp3) is 0.273. The Morgan fingerprint density at radius 3 is 3.03 bits per heavy atom. The molecule has 4 heterocycles. The van der Waals surface area contributed by atoms with Crippen molar-refractivity contribution in [3.05, 3.63) is 59.6 Å². The minimum Gasteiger partial charge on any atom is -0.434 e. The van der Waals surface area contributed by atoms with Crippen LogP contribution in [0, 0.1) is 0 Å². The summed E-state index contributed by atoms with van der Waals surface area (Å²) in [6.07, 6.45) is 8.20. The first kappa shape index (κ1) is 22.2. The lowest BCUT2D eigenvalue weighted by Gasteiger charge is -2.22. The fourth-order valence-corrected chi connectivity index (χ4v) is 4.16. The summed E-state index contributed by atoms with van der Waals surface area (Å²) < 4.78 is 34.1. The second-order valence-corrected chi connectivity index (χ2v) is 8.23. The molecule has 0 aliphatic carbocycles. The van der Waals surface area contributed by atoms with E-state index in [2.05, 4.69) is 25.8 Å². The van der Waals surface area contributed by atoms with Gasteiger partial charge in [0.1, 0.15) is 17.0 Å². The Morgan fingerprint density at radius 2 is 2.24 bits per heavy atom. The van der Waals surface area contributed by atoms with E-state index in [0.29, 0.717) is 22.9 Å². The number of alkyl halides is 2. The summed E-state index contributed by atoms with van der Waals surface area (Å²) in [5.41, 5.74) is 1.47. The summed E-state index contributed by atoms with van der Waals surface area (Å²) in [4.78, 5) is 17.4. The third kappa shape index (κ3) is 4.44. The predicted molar refractivity (Wildman–Crippen MR) is 121 cm³/mol. The first-order valence-corrected chi connectivity index (χ1v) is 11.0. The number of fused-ring (bicyclic) bond motifs is 1. The molecule has 1 aliphatic heterocycles. The topological polar surface area (TPSA) is 98.4 Å². The van der Waals surface area contributed by atoms with Crippen molar-refractivity contribution in [3.8, 4) is 17.0 Å². The van der Waals surface area contributed by atoms with Gasteiger partial charge in [-0.1, -0.05) is 11.6 Å². The van der Waals surface area contributed by atoms with E-state index in [1.807, 2.05) is 0 Å². The molecule has 9 nitrogen and oxygen atoms in total.